The van der Waals surface area contributed by atoms with Gasteiger partial charge in [0.05, 0.1) is 0 Å². The van der Waals surface area contributed by atoms with E-state index in [-0.39, 0.29) is 5.37 Å². The standard InChI is InChI=1S/C20H32N2OS/c1-2-3-4-5-6-7-8-9-10-11-19(23)22-16-17-24-20(22)18-12-14-21-15-13-18/h12-15,20H,2-11,16-17H2,1H3. The maximum Gasteiger partial charge on any atom is 0.223 e. The average Bonchev–Trinajstić information content (AvgIpc) is 3.11. The summed E-state index contributed by atoms with van der Waals surface area (Å²) in [4.78, 5) is 18.7. The van der Waals surface area contributed by atoms with Crippen molar-refractivity contribution in [3.8, 4) is 0 Å². The molecule has 134 valence electrons. The van der Waals surface area contributed by atoms with Crippen LogP contribution in [-0.2, 0) is 4.79 Å². The number of carbonyl (C=O) groups is 1. The van der Waals surface area contributed by atoms with E-state index in [0.29, 0.717) is 12.3 Å². The predicted molar refractivity (Wildman–Crippen MR) is 103 cm³/mol. The Kier molecular flexibility index (Phi) is 9.26. The van der Waals surface area contributed by atoms with Crippen LogP contribution in [0.15, 0.2) is 24.5 Å². The van der Waals surface area contributed by atoms with Gasteiger partial charge in [0.2, 0.25) is 5.91 Å². The highest BCUT2D eigenvalue weighted by molar-refractivity contribution is 7.99. The molecule has 0 saturated carbocycles. The van der Waals surface area contributed by atoms with Gasteiger partial charge in [-0.2, -0.15) is 0 Å². The topological polar surface area (TPSA) is 33.2 Å². The molecule has 3 nitrogen and oxygen atoms in total. The van der Waals surface area contributed by atoms with Gasteiger partial charge in [0, 0.05) is 31.1 Å². The van der Waals surface area contributed by atoms with Crippen molar-refractivity contribution < 1.29 is 4.79 Å². The Hall–Kier alpha value is -1.03. The number of thioether (sulfide) groups is 1. The van der Waals surface area contributed by atoms with Gasteiger partial charge in [0.1, 0.15) is 5.37 Å². The highest BCUT2D eigenvalue weighted by atomic mass is 32.2. The molecule has 1 aliphatic heterocycles. The third-order valence-corrected chi connectivity index (χ3v) is 5.96. The fourth-order valence-electron chi connectivity index (χ4n) is 3.26. The third-order valence-electron chi connectivity index (χ3n) is 4.70. The Morgan fingerprint density at radius 2 is 1.71 bits per heavy atom. The number of nitrogens with zero attached hydrogens (tertiary/aromatic N) is 2. The van der Waals surface area contributed by atoms with Gasteiger partial charge in [-0.1, -0.05) is 58.3 Å². The maximum atomic E-state index is 12.5. The number of pyridine rings is 1. The summed E-state index contributed by atoms with van der Waals surface area (Å²) in [5.74, 6) is 1.36. The molecule has 0 aromatic carbocycles. The minimum atomic E-state index is 0.194. The molecule has 1 aromatic rings. The summed E-state index contributed by atoms with van der Waals surface area (Å²) in [5.41, 5.74) is 1.20. The molecule has 2 rings (SSSR count). The van der Waals surface area contributed by atoms with Gasteiger partial charge >= 0.3 is 0 Å². The molecule has 2 heterocycles. The van der Waals surface area contributed by atoms with Crippen molar-refractivity contribution in [3.05, 3.63) is 30.1 Å². The summed E-state index contributed by atoms with van der Waals surface area (Å²) in [6.45, 7) is 3.14. The number of hydrogen-bond acceptors (Lipinski definition) is 3. The number of aromatic nitrogens is 1. The second-order valence-electron chi connectivity index (χ2n) is 6.67. The first-order valence-electron chi connectivity index (χ1n) is 9.64. The molecule has 0 spiro atoms. The lowest BCUT2D eigenvalue weighted by atomic mass is 10.1. The third kappa shape index (κ3) is 6.46. The summed E-state index contributed by atoms with van der Waals surface area (Å²) in [5, 5.41) is 0.194. The molecular formula is C20H32N2OS. The molecule has 0 bridgehead atoms. The molecule has 1 saturated heterocycles. The smallest absolute Gasteiger partial charge is 0.223 e. The summed E-state index contributed by atoms with van der Waals surface area (Å²) >= 11 is 1.87. The van der Waals surface area contributed by atoms with Crippen molar-refractivity contribution in [2.75, 3.05) is 12.3 Å². The van der Waals surface area contributed by atoms with Gasteiger partial charge in [0.25, 0.3) is 0 Å². The highest BCUT2D eigenvalue weighted by Crippen LogP contribution is 2.38. The lowest BCUT2D eigenvalue weighted by Gasteiger charge is -2.24. The second-order valence-corrected chi connectivity index (χ2v) is 7.86. The molecule has 1 unspecified atom stereocenters. The first-order chi connectivity index (χ1) is 11.8. The maximum absolute atomic E-state index is 12.5. The Labute approximate surface area is 151 Å². The highest BCUT2D eigenvalue weighted by Gasteiger charge is 2.29. The lowest BCUT2D eigenvalue weighted by Crippen LogP contribution is -2.30. The van der Waals surface area contributed by atoms with Gasteiger partial charge in [-0.3, -0.25) is 9.78 Å². The first-order valence-corrected chi connectivity index (χ1v) is 10.7. The van der Waals surface area contributed by atoms with Crippen molar-refractivity contribution in [1.29, 1.82) is 0 Å². The van der Waals surface area contributed by atoms with Crippen LogP contribution in [0.2, 0.25) is 0 Å². The second kappa shape index (κ2) is 11.5. The Morgan fingerprint density at radius 1 is 1.08 bits per heavy atom. The van der Waals surface area contributed by atoms with Crippen LogP contribution in [-0.4, -0.2) is 28.1 Å². The Balaban J connectivity index is 1.60. The Bertz CT molecular complexity index is 466. The van der Waals surface area contributed by atoms with Crippen molar-refractivity contribution in [1.82, 2.24) is 9.88 Å². The van der Waals surface area contributed by atoms with E-state index in [0.717, 1.165) is 18.7 Å². The number of hydrogen-bond donors (Lipinski definition) is 0. The molecule has 1 fully saturated rings. The predicted octanol–water partition coefficient (Wildman–Crippen LogP) is 5.58. The molecule has 0 aliphatic carbocycles. The number of rotatable bonds is 11. The monoisotopic (exact) mass is 348 g/mol. The molecule has 1 atom stereocenters. The van der Waals surface area contributed by atoms with Crippen LogP contribution >= 0.6 is 11.8 Å². The van der Waals surface area contributed by atoms with E-state index in [1.54, 1.807) is 0 Å². The molecule has 4 heteroatoms. The average molecular weight is 349 g/mol. The molecule has 1 amide bonds. The van der Waals surface area contributed by atoms with Crippen LogP contribution in [0, 0.1) is 0 Å². The van der Waals surface area contributed by atoms with E-state index < -0.39 is 0 Å². The molecule has 0 radical (unpaired) electrons. The van der Waals surface area contributed by atoms with Crippen LogP contribution in [0.25, 0.3) is 0 Å². The first kappa shape index (κ1) is 19.3. The van der Waals surface area contributed by atoms with Gasteiger partial charge in [-0.25, -0.2) is 0 Å². The zero-order valence-corrected chi connectivity index (χ0v) is 15.9. The van der Waals surface area contributed by atoms with Gasteiger partial charge in [-0.15, -0.1) is 11.8 Å². The molecule has 1 aliphatic rings. The Morgan fingerprint density at radius 3 is 2.38 bits per heavy atom. The van der Waals surface area contributed by atoms with Gasteiger partial charge in [-0.05, 0) is 24.1 Å². The summed E-state index contributed by atoms with van der Waals surface area (Å²) in [6.07, 6.45) is 16.0. The van der Waals surface area contributed by atoms with Crippen molar-refractivity contribution in [3.63, 3.8) is 0 Å². The van der Waals surface area contributed by atoms with Crippen molar-refractivity contribution in [2.45, 2.75) is 76.5 Å². The van der Waals surface area contributed by atoms with E-state index in [9.17, 15) is 4.79 Å². The van der Waals surface area contributed by atoms with Crippen LogP contribution < -0.4 is 0 Å². The molecule has 24 heavy (non-hydrogen) atoms. The zero-order valence-electron chi connectivity index (χ0n) is 15.1. The van der Waals surface area contributed by atoms with Crippen LogP contribution in [0.1, 0.15) is 82.1 Å². The quantitative estimate of drug-likeness (QED) is 0.490. The van der Waals surface area contributed by atoms with E-state index >= 15 is 0 Å². The van der Waals surface area contributed by atoms with Gasteiger partial charge < -0.3 is 4.90 Å². The van der Waals surface area contributed by atoms with E-state index in [1.807, 2.05) is 36.3 Å². The largest absolute Gasteiger partial charge is 0.326 e. The van der Waals surface area contributed by atoms with Crippen LogP contribution in [0.5, 0.6) is 0 Å². The molecule has 1 aromatic heterocycles. The fourth-order valence-corrected chi connectivity index (χ4v) is 4.54. The minimum Gasteiger partial charge on any atom is -0.326 e. The number of carbonyl (C=O) groups excluding carboxylic acids is 1. The fraction of sp³-hybridized carbons (Fsp3) is 0.700. The van der Waals surface area contributed by atoms with Gasteiger partial charge in [0.15, 0.2) is 0 Å². The van der Waals surface area contributed by atoms with E-state index in [2.05, 4.69) is 16.8 Å². The summed E-state index contributed by atoms with van der Waals surface area (Å²) in [7, 11) is 0. The van der Waals surface area contributed by atoms with Crippen molar-refractivity contribution >= 4 is 17.7 Å². The summed E-state index contributed by atoms with van der Waals surface area (Å²) in [6, 6.07) is 4.06. The summed E-state index contributed by atoms with van der Waals surface area (Å²) < 4.78 is 0. The van der Waals surface area contributed by atoms with E-state index in [4.69, 9.17) is 0 Å². The SMILES string of the molecule is CCCCCCCCCCCC(=O)N1CCSC1c1ccncc1. The minimum absolute atomic E-state index is 0.194. The molecule has 0 N–H and O–H groups in total. The molecular weight excluding hydrogens is 316 g/mol. The zero-order chi connectivity index (χ0) is 17.0. The van der Waals surface area contributed by atoms with Crippen LogP contribution in [0.3, 0.4) is 0 Å². The van der Waals surface area contributed by atoms with Crippen LogP contribution in [0.4, 0.5) is 0 Å². The normalized spacial score (nSPS) is 17.4. The number of unbranched alkanes of at least 4 members (excludes halogenated alkanes) is 8. The van der Waals surface area contributed by atoms with Crippen molar-refractivity contribution in [2.24, 2.45) is 0 Å². The van der Waals surface area contributed by atoms with E-state index in [1.165, 1.54) is 56.9 Å². The number of amides is 1. The lowest BCUT2D eigenvalue weighted by molar-refractivity contribution is -0.131.